The van der Waals surface area contributed by atoms with Crippen LogP contribution in [0.5, 0.6) is 0 Å². The number of rotatable bonds is 8. The number of carbonyl (C=O) groups excluding carboxylic acids is 2. The molecule has 1 aliphatic heterocycles. The smallest absolute Gasteiger partial charge is 0.340 e. The molecule has 1 heterocycles. The summed E-state index contributed by atoms with van der Waals surface area (Å²) in [5.41, 5.74) is 1.04. The Kier molecular flexibility index (Phi) is 6.81. The van der Waals surface area contributed by atoms with Crippen LogP contribution >= 0.6 is 0 Å². The number of anilines is 1. The Morgan fingerprint density at radius 1 is 1.28 bits per heavy atom. The van der Waals surface area contributed by atoms with Gasteiger partial charge in [0.25, 0.3) is 5.91 Å². The molecule has 1 aliphatic rings. The third-order valence-electron chi connectivity index (χ3n) is 3.92. The van der Waals surface area contributed by atoms with Crippen molar-refractivity contribution in [2.24, 2.45) is 0 Å². The fraction of sp³-hybridized carbons (Fsp3) is 0.529. The maximum absolute atomic E-state index is 12.2. The standard InChI is InChI=1S/C17H24N2O5S/c1-2-3-9-18-15-7-5-4-6-14(15)17(21)24-11-16(20)19-13-8-10-25(22,23)12-13/h4-7,13,18H,2-3,8-12H2,1H3,(H,19,20). The first-order valence-corrected chi connectivity index (χ1v) is 10.2. The number of esters is 1. The number of para-hydroxylation sites is 1. The molecule has 2 N–H and O–H groups in total. The molecule has 0 aromatic heterocycles. The lowest BCUT2D eigenvalue weighted by molar-refractivity contribution is -0.124. The van der Waals surface area contributed by atoms with E-state index in [1.54, 1.807) is 18.2 Å². The normalized spacial score (nSPS) is 18.5. The van der Waals surface area contributed by atoms with E-state index in [9.17, 15) is 18.0 Å². The van der Waals surface area contributed by atoms with Crippen molar-refractivity contribution in [3.63, 3.8) is 0 Å². The van der Waals surface area contributed by atoms with E-state index >= 15 is 0 Å². The molecule has 1 unspecified atom stereocenters. The van der Waals surface area contributed by atoms with E-state index in [4.69, 9.17) is 4.74 Å². The highest BCUT2D eigenvalue weighted by Gasteiger charge is 2.29. The van der Waals surface area contributed by atoms with Crippen LogP contribution in [0.25, 0.3) is 0 Å². The highest BCUT2D eigenvalue weighted by atomic mass is 32.2. The van der Waals surface area contributed by atoms with Gasteiger partial charge in [0.2, 0.25) is 0 Å². The third kappa shape index (κ3) is 6.04. The Morgan fingerprint density at radius 2 is 2.04 bits per heavy atom. The summed E-state index contributed by atoms with van der Waals surface area (Å²) < 4.78 is 27.8. The number of sulfone groups is 1. The molecule has 0 radical (unpaired) electrons. The second-order valence-electron chi connectivity index (χ2n) is 6.07. The van der Waals surface area contributed by atoms with Crippen molar-refractivity contribution in [3.05, 3.63) is 29.8 Å². The zero-order valence-electron chi connectivity index (χ0n) is 14.3. The maximum atomic E-state index is 12.2. The maximum Gasteiger partial charge on any atom is 0.340 e. The summed E-state index contributed by atoms with van der Waals surface area (Å²) in [6.45, 7) is 2.39. The molecule has 1 aromatic carbocycles. The van der Waals surface area contributed by atoms with Crippen molar-refractivity contribution in [1.29, 1.82) is 0 Å². The largest absolute Gasteiger partial charge is 0.452 e. The molecule has 0 saturated carbocycles. The minimum Gasteiger partial charge on any atom is -0.452 e. The SMILES string of the molecule is CCCCNc1ccccc1C(=O)OCC(=O)NC1CCS(=O)(=O)C1. The van der Waals surface area contributed by atoms with Crippen molar-refractivity contribution in [3.8, 4) is 0 Å². The van der Waals surface area contributed by atoms with E-state index in [2.05, 4.69) is 17.6 Å². The van der Waals surface area contributed by atoms with Gasteiger partial charge in [-0.1, -0.05) is 25.5 Å². The highest BCUT2D eigenvalue weighted by molar-refractivity contribution is 7.91. The summed E-state index contributed by atoms with van der Waals surface area (Å²) in [5.74, 6) is -1.06. The number of hydrogen-bond donors (Lipinski definition) is 2. The average Bonchev–Trinajstić information content (AvgIpc) is 2.92. The summed E-state index contributed by atoms with van der Waals surface area (Å²) in [6.07, 6.45) is 2.42. The van der Waals surface area contributed by atoms with Crippen LogP contribution in [0, 0.1) is 0 Å². The summed E-state index contributed by atoms with van der Waals surface area (Å²) in [4.78, 5) is 24.0. The molecule has 1 atom stereocenters. The average molecular weight is 368 g/mol. The van der Waals surface area contributed by atoms with Gasteiger partial charge in [-0.05, 0) is 25.0 Å². The van der Waals surface area contributed by atoms with E-state index < -0.39 is 34.4 Å². The molecule has 8 heteroatoms. The van der Waals surface area contributed by atoms with Gasteiger partial charge in [0.05, 0.1) is 17.1 Å². The molecular formula is C17H24N2O5S. The van der Waals surface area contributed by atoms with Crippen LogP contribution in [0.4, 0.5) is 5.69 Å². The number of unbranched alkanes of at least 4 members (excludes halogenated alkanes) is 1. The van der Waals surface area contributed by atoms with Crippen LogP contribution in [-0.2, 0) is 19.4 Å². The molecule has 25 heavy (non-hydrogen) atoms. The zero-order valence-corrected chi connectivity index (χ0v) is 15.1. The van der Waals surface area contributed by atoms with E-state index in [-0.39, 0.29) is 11.5 Å². The van der Waals surface area contributed by atoms with Gasteiger partial charge >= 0.3 is 5.97 Å². The predicted octanol–water partition coefficient (Wildman–Crippen LogP) is 1.36. The van der Waals surface area contributed by atoms with Crippen molar-refractivity contribution in [2.75, 3.05) is 30.0 Å². The first-order valence-electron chi connectivity index (χ1n) is 8.41. The minimum absolute atomic E-state index is 0.0587. The molecule has 1 amide bonds. The number of nitrogens with one attached hydrogen (secondary N) is 2. The van der Waals surface area contributed by atoms with Crippen LogP contribution in [0.1, 0.15) is 36.5 Å². The van der Waals surface area contributed by atoms with Crippen LogP contribution in [0.15, 0.2) is 24.3 Å². The van der Waals surface area contributed by atoms with Gasteiger partial charge in [0.1, 0.15) is 0 Å². The van der Waals surface area contributed by atoms with Crippen molar-refractivity contribution >= 4 is 27.4 Å². The summed E-state index contributed by atoms with van der Waals surface area (Å²) >= 11 is 0. The van der Waals surface area contributed by atoms with Gasteiger partial charge in [0, 0.05) is 18.3 Å². The molecule has 0 aliphatic carbocycles. The lowest BCUT2D eigenvalue weighted by atomic mass is 10.1. The van der Waals surface area contributed by atoms with Gasteiger partial charge in [-0.15, -0.1) is 0 Å². The van der Waals surface area contributed by atoms with Crippen molar-refractivity contribution in [1.82, 2.24) is 5.32 Å². The molecule has 138 valence electrons. The molecule has 1 saturated heterocycles. The van der Waals surface area contributed by atoms with Gasteiger partial charge in [-0.3, -0.25) is 4.79 Å². The summed E-state index contributed by atoms with van der Waals surface area (Å²) in [7, 11) is -3.06. The Bertz CT molecular complexity index is 718. The van der Waals surface area contributed by atoms with Crippen LogP contribution in [-0.4, -0.2) is 51.0 Å². The first kappa shape index (κ1) is 19.2. The van der Waals surface area contributed by atoms with Crippen LogP contribution in [0.3, 0.4) is 0 Å². The Labute approximate surface area is 148 Å². The van der Waals surface area contributed by atoms with Crippen LogP contribution < -0.4 is 10.6 Å². The highest BCUT2D eigenvalue weighted by Crippen LogP contribution is 2.16. The second-order valence-corrected chi connectivity index (χ2v) is 8.30. The number of amides is 1. The van der Waals surface area contributed by atoms with E-state index in [0.29, 0.717) is 17.7 Å². The van der Waals surface area contributed by atoms with Gasteiger partial charge in [-0.25, -0.2) is 13.2 Å². The Balaban J connectivity index is 1.84. The zero-order chi connectivity index (χ0) is 18.3. The molecular weight excluding hydrogens is 344 g/mol. The third-order valence-corrected chi connectivity index (χ3v) is 5.69. The summed E-state index contributed by atoms with van der Waals surface area (Å²) in [5, 5.41) is 5.77. The monoisotopic (exact) mass is 368 g/mol. The molecule has 2 rings (SSSR count). The molecule has 1 aromatic rings. The Morgan fingerprint density at radius 3 is 2.72 bits per heavy atom. The van der Waals surface area contributed by atoms with E-state index in [1.165, 1.54) is 0 Å². The lowest BCUT2D eigenvalue weighted by Gasteiger charge is -2.13. The molecule has 0 spiro atoms. The minimum atomic E-state index is -3.06. The molecule has 0 bridgehead atoms. The molecule has 7 nitrogen and oxygen atoms in total. The van der Waals surface area contributed by atoms with E-state index in [1.807, 2.05) is 6.07 Å². The van der Waals surface area contributed by atoms with Gasteiger partial charge in [0.15, 0.2) is 16.4 Å². The number of hydrogen-bond acceptors (Lipinski definition) is 6. The fourth-order valence-corrected chi connectivity index (χ4v) is 4.28. The fourth-order valence-electron chi connectivity index (χ4n) is 2.60. The predicted molar refractivity (Wildman–Crippen MR) is 95.3 cm³/mol. The van der Waals surface area contributed by atoms with Crippen molar-refractivity contribution < 1.29 is 22.7 Å². The van der Waals surface area contributed by atoms with E-state index in [0.717, 1.165) is 19.4 Å². The number of benzene rings is 1. The number of carbonyl (C=O) groups is 2. The van der Waals surface area contributed by atoms with Crippen LogP contribution in [0.2, 0.25) is 0 Å². The molecule has 1 fully saturated rings. The Hall–Kier alpha value is -2.09. The van der Waals surface area contributed by atoms with Gasteiger partial charge in [-0.2, -0.15) is 0 Å². The second kappa shape index (κ2) is 8.84. The van der Waals surface area contributed by atoms with Gasteiger partial charge < -0.3 is 15.4 Å². The first-order chi connectivity index (χ1) is 11.9. The summed E-state index contributed by atoms with van der Waals surface area (Å²) in [6, 6.07) is 6.57. The number of ether oxygens (including phenoxy) is 1. The lowest BCUT2D eigenvalue weighted by Crippen LogP contribution is -2.38. The topological polar surface area (TPSA) is 102 Å². The quantitative estimate of drug-likeness (QED) is 0.531. The van der Waals surface area contributed by atoms with Crippen molar-refractivity contribution in [2.45, 2.75) is 32.2 Å².